The normalized spacial score (nSPS) is 21.5. The standard InChI is InChI=1S/C31H42O2Si2.Zr/c1-30(2,3)34(7,8)32-28-19-22-15-11-13-17-24(22)26(28)21-27-25-18-14-12-16-23(25)20-29(27)33-35(9,10)31(4,5)6;/h11-20H,21H2,1-10H3;. The molecule has 3 aliphatic rings. The van der Waals surface area contributed by atoms with Crippen LogP contribution in [0, 0.1) is 0 Å². The molecule has 2 aliphatic carbocycles. The van der Waals surface area contributed by atoms with Crippen LogP contribution in [0.3, 0.4) is 0 Å². The van der Waals surface area contributed by atoms with Gasteiger partial charge in [-0.1, -0.05) is 0 Å². The Kier molecular flexibility index (Phi) is 6.38. The molecule has 5 rings (SSSR count). The Hall–Kier alpha value is -1.16. The van der Waals surface area contributed by atoms with E-state index >= 15 is 0 Å². The van der Waals surface area contributed by atoms with Crippen molar-refractivity contribution in [2.45, 2.75) is 91.5 Å². The molecule has 5 heteroatoms. The molecule has 1 heterocycles. The van der Waals surface area contributed by atoms with Crippen LogP contribution in [0.5, 0.6) is 0 Å². The monoisotopic (exact) mass is 592 g/mol. The zero-order chi connectivity index (χ0) is 26.3. The number of benzene rings is 2. The van der Waals surface area contributed by atoms with Gasteiger partial charge in [-0.15, -0.1) is 0 Å². The SMILES string of the molecule is CC(C)(C)[Si](C)(C)OC1=C2CC3=C(O[Si](C)(C)C(C)(C)C)[CH]([Zr][CH]1c1ccccc12)c1ccccc13. The maximum atomic E-state index is 7.27. The number of rotatable bonds is 4. The van der Waals surface area contributed by atoms with E-state index < -0.39 is 39.9 Å². The van der Waals surface area contributed by atoms with E-state index in [1.54, 1.807) is 0 Å². The summed E-state index contributed by atoms with van der Waals surface area (Å²) < 4.78 is 15.4. The van der Waals surface area contributed by atoms with Crippen molar-refractivity contribution in [3.05, 3.63) is 82.3 Å². The minimum atomic E-state index is -1.97. The molecule has 190 valence electrons. The van der Waals surface area contributed by atoms with Gasteiger partial charge in [0.15, 0.2) is 0 Å². The summed E-state index contributed by atoms with van der Waals surface area (Å²) in [6.45, 7) is 23.8. The molecule has 2 atom stereocenters. The second kappa shape index (κ2) is 8.68. The van der Waals surface area contributed by atoms with Crippen LogP contribution in [0.25, 0.3) is 11.1 Å². The molecule has 1 aliphatic heterocycles. The van der Waals surface area contributed by atoms with Gasteiger partial charge in [0.1, 0.15) is 0 Å². The Morgan fingerprint density at radius 2 is 1.00 bits per heavy atom. The van der Waals surface area contributed by atoms with Crippen LogP contribution in [0.15, 0.2) is 60.0 Å². The maximum absolute atomic E-state index is 7.27. The minimum absolute atomic E-state index is 0.178. The Labute approximate surface area is 232 Å². The van der Waals surface area contributed by atoms with Crippen molar-refractivity contribution in [1.82, 2.24) is 0 Å². The Morgan fingerprint density at radius 3 is 1.36 bits per heavy atom. The molecular formula is C31H42O2Si2Zr. The molecule has 0 aromatic heterocycles. The molecule has 0 N–H and O–H groups in total. The van der Waals surface area contributed by atoms with E-state index in [1.807, 2.05) is 0 Å². The summed E-state index contributed by atoms with van der Waals surface area (Å²) in [5.41, 5.74) is 8.77. The molecule has 0 amide bonds. The first-order chi connectivity index (χ1) is 16.6. The first-order valence-electron chi connectivity index (χ1n) is 13.4. The molecule has 0 saturated heterocycles. The predicted molar refractivity (Wildman–Crippen MR) is 153 cm³/mol. The third kappa shape index (κ3) is 4.22. The first-order valence-corrected chi connectivity index (χ1v) is 22.1. The summed E-state index contributed by atoms with van der Waals surface area (Å²) >= 11 is -1.08. The third-order valence-corrected chi connectivity index (χ3v) is 22.5. The summed E-state index contributed by atoms with van der Waals surface area (Å²) in [7, 11) is -3.94. The molecule has 0 radical (unpaired) electrons. The van der Waals surface area contributed by atoms with Gasteiger partial charge in [0, 0.05) is 0 Å². The fourth-order valence-corrected chi connectivity index (χ4v) is 12.7. The van der Waals surface area contributed by atoms with E-state index in [0.29, 0.717) is 7.25 Å². The average Bonchev–Trinajstić information content (AvgIpc) is 3.23. The molecular weight excluding hydrogens is 552 g/mol. The quantitative estimate of drug-likeness (QED) is 0.329. The van der Waals surface area contributed by atoms with E-state index in [9.17, 15) is 0 Å². The van der Waals surface area contributed by atoms with Gasteiger partial charge in [0.2, 0.25) is 0 Å². The first kappa shape index (κ1) is 26.4. The number of hydrogen-bond acceptors (Lipinski definition) is 2. The van der Waals surface area contributed by atoms with E-state index in [-0.39, 0.29) is 10.1 Å². The van der Waals surface area contributed by atoms with Crippen molar-refractivity contribution in [2.24, 2.45) is 0 Å². The van der Waals surface area contributed by atoms with E-state index in [4.69, 9.17) is 8.85 Å². The summed E-state index contributed by atoms with van der Waals surface area (Å²) in [4.78, 5) is 0. The van der Waals surface area contributed by atoms with Crippen LogP contribution < -0.4 is 0 Å². The van der Waals surface area contributed by atoms with Gasteiger partial charge in [-0.2, -0.15) is 0 Å². The summed E-state index contributed by atoms with van der Waals surface area (Å²) in [6.07, 6.45) is 0.911. The van der Waals surface area contributed by atoms with E-state index in [0.717, 1.165) is 6.42 Å². The topological polar surface area (TPSA) is 18.5 Å². The number of allylic oxidation sites excluding steroid dienone is 4. The summed E-state index contributed by atoms with van der Waals surface area (Å²) in [5.74, 6) is 2.66. The summed E-state index contributed by atoms with van der Waals surface area (Å²) in [5, 5.41) is 0.356. The average molecular weight is 594 g/mol. The van der Waals surface area contributed by atoms with Gasteiger partial charge in [-0.25, -0.2) is 0 Å². The van der Waals surface area contributed by atoms with Crippen molar-refractivity contribution >= 4 is 27.8 Å². The van der Waals surface area contributed by atoms with Crippen molar-refractivity contribution < 1.29 is 32.1 Å². The molecule has 2 nitrogen and oxygen atoms in total. The van der Waals surface area contributed by atoms with Crippen LogP contribution in [0.1, 0.15) is 77.5 Å². The second-order valence-corrected chi connectivity index (χ2v) is 26.9. The third-order valence-electron chi connectivity index (χ3n) is 9.34. The van der Waals surface area contributed by atoms with Crippen LogP contribution in [-0.2, 0) is 32.1 Å². The molecule has 0 fully saturated rings. The van der Waals surface area contributed by atoms with Crippen molar-refractivity contribution in [2.75, 3.05) is 0 Å². The Morgan fingerprint density at radius 1 is 0.639 bits per heavy atom. The van der Waals surface area contributed by atoms with E-state index in [1.165, 1.54) is 44.9 Å². The van der Waals surface area contributed by atoms with Crippen LogP contribution >= 0.6 is 0 Å². The zero-order valence-corrected chi connectivity index (χ0v) is 28.3. The second-order valence-electron chi connectivity index (χ2n) is 13.8. The van der Waals surface area contributed by atoms with Crippen LogP contribution in [0.2, 0.25) is 36.3 Å². The van der Waals surface area contributed by atoms with Gasteiger partial charge in [0.25, 0.3) is 0 Å². The van der Waals surface area contributed by atoms with Crippen LogP contribution in [0.4, 0.5) is 0 Å². The summed E-state index contributed by atoms with van der Waals surface area (Å²) in [6, 6.07) is 18.3. The molecule has 2 unspecified atom stereocenters. The number of fused-ring (bicyclic) bond motifs is 8. The molecule has 4 bridgehead atoms. The Balaban J connectivity index is 1.69. The molecule has 2 aromatic carbocycles. The van der Waals surface area contributed by atoms with Gasteiger partial charge < -0.3 is 0 Å². The molecule has 36 heavy (non-hydrogen) atoms. The zero-order valence-electron chi connectivity index (χ0n) is 23.8. The number of hydrogen-bond donors (Lipinski definition) is 0. The van der Waals surface area contributed by atoms with Crippen molar-refractivity contribution in [3.8, 4) is 0 Å². The van der Waals surface area contributed by atoms with Gasteiger partial charge in [-0.3, -0.25) is 0 Å². The van der Waals surface area contributed by atoms with Crippen molar-refractivity contribution in [1.29, 1.82) is 0 Å². The van der Waals surface area contributed by atoms with Crippen LogP contribution in [-0.4, -0.2) is 16.6 Å². The fourth-order valence-electron chi connectivity index (χ4n) is 5.08. The van der Waals surface area contributed by atoms with Gasteiger partial charge in [0.05, 0.1) is 0 Å². The molecule has 2 aromatic rings. The van der Waals surface area contributed by atoms with Gasteiger partial charge in [-0.05, 0) is 0 Å². The van der Waals surface area contributed by atoms with Gasteiger partial charge >= 0.3 is 234 Å². The predicted octanol–water partition coefficient (Wildman–Crippen LogP) is 9.45. The Bertz CT molecular complexity index is 1180. The molecule has 0 spiro atoms. The van der Waals surface area contributed by atoms with E-state index in [2.05, 4.69) is 116 Å². The van der Waals surface area contributed by atoms with Crippen molar-refractivity contribution in [3.63, 3.8) is 0 Å². The fraction of sp³-hybridized carbons (Fsp3) is 0.484. The molecule has 0 saturated carbocycles.